The molecule has 2 amide bonds. The Morgan fingerprint density at radius 3 is 1.89 bits per heavy atom. The van der Waals surface area contributed by atoms with Gasteiger partial charge in [0.1, 0.15) is 30.5 Å². The lowest BCUT2D eigenvalue weighted by molar-refractivity contribution is -0.118. The number of carbonyl (C=O) groups excluding carboxylic acids is 2. The maximum atomic E-state index is 13.0. The number of nitrogens with one attached hydrogen (secondary N) is 2. The van der Waals surface area contributed by atoms with Gasteiger partial charge >= 0.3 is 0 Å². The third-order valence-corrected chi connectivity index (χ3v) is 5.00. The van der Waals surface area contributed by atoms with Gasteiger partial charge in [-0.1, -0.05) is 54.6 Å². The van der Waals surface area contributed by atoms with Gasteiger partial charge in [-0.15, -0.1) is 0 Å². The summed E-state index contributed by atoms with van der Waals surface area (Å²) in [6, 6.07) is 32.4. The number of amides is 2. The minimum Gasteiger partial charge on any atom is -0.490 e. The molecule has 0 fully saturated rings. The van der Waals surface area contributed by atoms with E-state index in [2.05, 4.69) is 10.6 Å². The van der Waals surface area contributed by atoms with Crippen LogP contribution in [0.3, 0.4) is 0 Å². The van der Waals surface area contributed by atoms with Crippen molar-refractivity contribution in [2.45, 2.75) is 0 Å². The Kier molecular flexibility index (Phi) is 8.53. The summed E-state index contributed by atoms with van der Waals surface area (Å²) in [4.78, 5) is 25.2. The maximum absolute atomic E-state index is 13.0. The van der Waals surface area contributed by atoms with Gasteiger partial charge in [0.2, 0.25) is 0 Å². The lowest BCUT2D eigenvalue weighted by Gasteiger charge is -2.13. The summed E-state index contributed by atoms with van der Waals surface area (Å²) in [7, 11) is 0. The van der Waals surface area contributed by atoms with E-state index in [4.69, 9.17) is 14.2 Å². The average Bonchev–Trinajstić information content (AvgIpc) is 2.91. The van der Waals surface area contributed by atoms with E-state index < -0.39 is 0 Å². The van der Waals surface area contributed by atoms with Crippen molar-refractivity contribution in [2.75, 3.05) is 30.5 Å². The molecule has 0 aliphatic rings. The average molecular weight is 483 g/mol. The molecule has 0 aromatic heterocycles. The number of para-hydroxylation sites is 3. The number of anilines is 2. The monoisotopic (exact) mass is 482 g/mol. The molecule has 0 aliphatic heterocycles. The van der Waals surface area contributed by atoms with E-state index in [9.17, 15) is 9.59 Å². The van der Waals surface area contributed by atoms with Crippen LogP contribution in [0.4, 0.5) is 11.4 Å². The van der Waals surface area contributed by atoms with E-state index >= 15 is 0 Å². The molecule has 0 radical (unpaired) electrons. The number of hydrogen-bond acceptors (Lipinski definition) is 5. The van der Waals surface area contributed by atoms with Crippen LogP contribution >= 0.6 is 0 Å². The van der Waals surface area contributed by atoms with Crippen LogP contribution in [0.5, 0.6) is 17.2 Å². The SMILES string of the molecule is O=C(COc1ccccc1)Nc1cccc(NC(=O)c2ccccc2OCCOc2ccccc2)c1. The van der Waals surface area contributed by atoms with E-state index in [1.165, 1.54) is 0 Å². The topological polar surface area (TPSA) is 85.9 Å². The van der Waals surface area contributed by atoms with Crippen molar-refractivity contribution in [1.82, 2.24) is 0 Å². The molecule has 0 unspecified atom stereocenters. The highest BCUT2D eigenvalue weighted by Gasteiger charge is 2.13. The Bertz CT molecular complexity index is 1280. The highest BCUT2D eigenvalue weighted by molar-refractivity contribution is 6.06. The Balaban J connectivity index is 1.30. The largest absolute Gasteiger partial charge is 0.490 e. The van der Waals surface area contributed by atoms with Crippen molar-refractivity contribution in [3.8, 4) is 17.2 Å². The van der Waals surface area contributed by atoms with Crippen molar-refractivity contribution in [3.63, 3.8) is 0 Å². The summed E-state index contributed by atoms with van der Waals surface area (Å²) >= 11 is 0. The van der Waals surface area contributed by atoms with Gasteiger partial charge in [-0.3, -0.25) is 9.59 Å². The fourth-order valence-corrected chi connectivity index (χ4v) is 3.34. The van der Waals surface area contributed by atoms with E-state index in [0.717, 1.165) is 5.75 Å². The predicted octanol–water partition coefficient (Wildman–Crippen LogP) is 5.41. The van der Waals surface area contributed by atoms with Crippen LogP contribution in [-0.4, -0.2) is 31.6 Å². The summed E-state index contributed by atoms with van der Waals surface area (Å²) in [5.41, 5.74) is 1.46. The Hall–Kier alpha value is -4.78. The van der Waals surface area contributed by atoms with Crippen LogP contribution in [-0.2, 0) is 4.79 Å². The molecular weight excluding hydrogens is 456 g/mol. The first-order chi connectivity index (χ1) is 17.7. The van der Waals surface area contributed by atoms with Crippen LogP contribution in [0.15, 0.2) is 109 Å². The van der Waals surface area contributed by atoms with Gasteiger partial charge in [-0.2, -0.15) is 0 Å². The molecule has 2 N–H and O–H groups in total. The first-order valence-electron chi connectivity index (χ1n) is 11.5. The quantitative estimate of drug-likeness (QED) is 0.279. The molecule has 4 aromatic rings. The Morgan fingerprint density at radius 1 is 0.583 bits per heavy atom. The van der Waals surface area contributed by atoms with Crippen LogP contribution in [0.25, 0.3) is 0 Å². The predicted molar refractivity (Wildman–Crippen MR) is 139 cm³/mol. The van der Waals surface area contributed by atoms with Crippen LogP contribution in [0.2, 0.25) is 0 Å². The van der Waals surface area contributed by atoms with Crippen molar-refractivity contribution in [2.24, 2.45) is 0 Å². The first kappa shape index (κ1) is 24.3. The zero-order chi connectivity index (χ0) is 25.0. The fourth-order valence-electron chi connectivity index (χ4n) is 3.34. The van der Waals surface area contributed by atoms with Gasteiger partial charge in [0.05, 0.1) is 5.56 Å². The summed E-state index contributed by atoms with van der Waals surface area (Å²) in [6.07, 6.45) is 0. The minimum absolute atomic E-state index is 0.126. The molecule has 0 saturated carbocycles. The molecule has 182 valence electrons. The van der Waals surface area contributed by atoms with Gasteiger partial charge in [-0.05, 0) is 54.6 Å². The van der Waals surface area contributed by atoms with Crippen molar-refractivity contribution in [3.05, 3.63) is 115 Å². The molecule has 4 aromatic carbocycles. The van der Waals surface area contributed by atoms with E-state index in [1.54, 1.807) is 60.7 Å². The smallest absolute Gasteiger partial charge is 0.262 e. The second-order valence-electron chi connectivity index (χ2n) is 7.69. The van der Waals surface area contributed by atoms with Gasteiger partial charge in [0.15, 0.2) is 6.61 Å². The summed E-state index contributed by atoms with van der Waals surface area (Å²) < 4.78 is 16.9. The van der Waals surface area contributed by atoms with Crippen molar-refractivity contribution < 1.29 is 23.8 Å². The van der Waals surface area contributed by atoms with Gasteiger partial charge < -0.3 is 24.8 Å². The van der Waals surface area contributed by atoms with Gasteiger partial charge in [0, 0.05) is 11.4 Å². The van der Waals surface area contributed by atoms with Crippen LogP contribution in [0.1, 0.15) is 10.4 Å². The minimum atomic E-state index is -0.328. The molecule has 0 saturated heterocycles. The second-order valence-corrected chi connectivity index (χ2v) is 7.69. The fraction of sp³-hybridized carbons (Fsp3) is 0.103. The van der Waals surface area contributed by atoms with Crippen molar-refractivity contribution >= 4 is 23.2 Å². The lowest BCUT2D eigenvalue weighted by Crippen LogP contribution is -2.20. The third-order valence-electron chi connectivity index (χ3n) is 5.00. The zero-order valence-corrected chi connectivity index (χ0v) is 19.6. The maximum Gasteiger partial charge on any atom is 0.262 e. The molecule has 0 aliphatic carbocycles. The Morgan fingerprint density at radius 2 is 1.17 bits per heavy atom. The molecule has 0 bridgehead atoms. The van der Waals surface area contributed by atoms with Gasteiger partial charge in [-0.25, -0.2) is 0 Å². The Labute approximate surface area is 209 Å². The highest BCUT2D eigenvalue weighted by atomic mass is 16.5. The van der Waals surface area contributed by atoms with E-state index in [-0.39, 0.29) is 25.0 Å². The number of ether oxygens (including phenoxy) is 3. The van der Waals surface area contributed by atoms with E-state index in [0.29, 0.717) is 35.0 Å². The molecular formula is C29H26N2O5. The number of hydrogen-bond donors (Lipinski definition) is 2. The lowest BCUT2D eigenvalue weighted by atomic mass is 10.1. The number of rotatable bonds is 11. The standard InChI is InChI=1S/C29H26N2O5/c32-28(21-36-25-14-5-2-6-15-25)30-22-10-9-11-23(20-22)31-29(33)26-16-7-8-17-27(26)35-19-18-34-24-12-3-1-4-13-24/h1-17,20H,18-19,21H2,(H,30,32)(H,31,33). The molecule has 0 heterocycles. The highest BCUT2D eigenvalue weighted by Crippen LogP contribution is 2.21. The molecule has 0 spiro atoms. The third kappa shape index (κ3) is 7.36. The van der Waals surface area contributed by atoms with E-state index in [1.807, 2.05) is 48.5 Å². The van der Waals surface area contributed by atoms with Gasteiger partial charge in [0.25, 0.3) is 11.8 Å². The first-order valence-corrected chi connectivity index (χ1v) is 11.5. The summed E-state index contributed by atoms with van der Waals surface area (Å²) in [5.74, 6) is 1.19. The second kappa shape index (κ2) is 12.6. The summed E-state index contributed by atoms with van der Waals surface area (Å²) in [5, 5.41) is 5.62. The molecule has 36 heavy (non-hydrogen) atoms. The molecule has 7 heteroatoms. The summed E-state index contributed by atoms with van der Waals surface area (Å²) in [6.45, 7) is 0.501. The number of benzene rings is 4. The van der Waals surface area contributed by atoms with Crippen molar-refractivity contribution in [1.29, 1.82) is 0 Å². The molecule has 4 rings (SSSR count). The molecule has 0 atom stereocenters. The normalized spacial score (nSPS) is 10.2. The molecule has 7 nitrogen and oxygen atoms in total. The zero-order valence-electron chi connectivity index (χ0n) is 19.6. The number of carbonyl (C=O) groups is 2. The van der Waals surface area contributed by atoms with Crippen LogP contribution < -0.4 is 24.8 Å². The van der Waals surface area contributed by atoms with Crippen LogP contribution in [0, 0.1) is 0 Å².